The number of nitrogens with zero attached hydrogens (tertiary/aromatic N) is 1. The maximum absolute atomic E-state index is 5.30. The average molecular weight is 384 g/mol. The number of rotatable bonds is 6. The van der Waals surface area contributed by atoms with Gasteiger partial charge in [-0.3, -0.25) is 4.98 Å². The highest BCUT2D eigenvalue weighted by atomic mass is 31.2. The smallest absolute Gasteiger partial charge is 0.137 e. The molecule has 1 heterocycles. The van der Waals surface area contributed by atoms with Crippen LogP contribution < -0.4 is 20.7 Å². The Balaban J connectivity index is 1.95. The van der Waals surface area contributed by atoms with Crippen molar-refractivity contribution in [1.82, 2.24) is 4.98 Å². The molecule has 2 nitrogen and oxygen atoms in total. The van der Waals surface area contributed by atoms with Crippen molar-refractivity contribution in [3.63, 3.8) is 0 Å². The van der Waals surface area contributed by atoms with Gasteiger partial charge in [0.25, 0.3) is 0 Å². The first-order chi connectivity index (χ1) is 13.8. The van der Waals surface area contributed by atoms with Gasteiger partial charge in [0.15, 0.2) is 0 Å². The fourth-order valence-electron chi connectivity index (χ4n) is 3.64. The third-order valence-corrected chi connectivity index (χ3v) is 9.36. The molecule has 0 aliphatic heterocycles. The zero-order valence-corrected chi connectivity index (χ0v) is 16.8. The molecule has 0 saturated heterocycles. The first-order valence-corrected chi connectivity index (χ1v) is 11.3. The third-order valence-electron chi connectivity index (χ3n) is 5.02. The molecule has 0 unspecified atom stereocenters. The molecular weight excluding hydrogens is 361 g/mol. The Labute approximate surface area is 167 Å². The molecule has 0 aliphatic carbocycles. The molecule has 3 heteroatoms. The summed E-state index contributed by atoms with van der Waals surface area (Å²) >= 11 is 0. The Kier molecular flexibility index (Phi) is 5.50. The van der Waals surface area contributed by atoms with E-state index in [0.29, 0.717) is 0 Å². The summed E-state index contributed by atoms with van der Waals surface area (Å²) in [6.45, 7) is 0. The molecule has 0 N–H and O–H groups in total. The normalized spacial score (nSPS) is 11.2. The largest absolute Gasteiger partial charge is 0.495 e. The minimum atomic E-state index is -1.90. The fraction of sp³-hybridized carbons (Fsp3) is 0.0800. The van der Waals surface area contributed by atoms with E-state index in [-0.39, 0.29) is 0 Å². The predicted molar refractivity (Wildman–Crippen MR) is 120 cm³/mol. The molecule has 0 atom stereocenters. The number of hydrogen-bond acceptors (Lipinski definition) is 2. The van der Waals surface area contributed by atoms with Crippen LogP contribution in [0.25, 0.3) is 0 Å². The standard InChI is InChI=1S/C25H23NOP/c1-27-22-18-17-21(26-19-22)20-28(23-11-5-2-6-12-23,24-13-7-3-8-14-24)25-15-9-4-10-16-25/h2-19H,20H2,1H3/q+1. The van der Waals surface area contributed by atoms with Crippen LogP contribution in [-0.2, 0) is 6.16 Å². The molecule has 0 aliphatic rings. The quantitative estimate of drug-likeness (QED) is 0.454. The van der Waals surface area contributed by atoms with Crippen LogP contribution in [0.4, 0.5) is 0 Å². The number of ether oxygens (including phenoxy) is 1. The molecule has 0 amide bonds. The highest BCUT2D eigenvalue weighted by Crippen LogP contribution is 2.57. The van der Waals surface area contributed by atoms with Gasteiger partial charge in [-0.1, -0.05) is 54.6 Å². The zero-order chi connectivity index (χ0) is 19.2. The summed E-state index contributed by atoms with van der Waals surface area (Å²) in [6, 6.07) is 36.7. The van der Waals surface area contributed by atoms with Gasteiger partial charge in [0.2, 0.25) is 0 Å². The van der Waals surface area contributed by atoms with E-state index in [2.05, 4.69) is 97.1 Å². The third kappa shape index (κ3) is 3.56. The summed E-state index contributed by atoms with van der Waals surface area (Å²) in [5.41, 5.74) is 1.07. The molecule has 0 saturated carbocycles. The molecule has 0 fully saturated rings. The first kappa shape index (κ1) is 18.4. The number of methoxy groups -OCH3 is 1. The highest BCUT2D eigenvalue weighted by molar-refractivity contribution is 7.95. The van der Waals surface area contributed by atoms with Gasteiger partial charge in [-0.2, -0.15) is 0 Å². The summed E-state index contributed by atoms with van der Waals surface area (Å²) < 4.78 is 5.30. The molecule has 4 rings (SSSR count). The monoisotopic (exact) mass is 384 g/mol. The minimum Gasteiger partial charge on any atom is -0.495 e. The van der Waals surface area contributed by atoms with Crippen molar-refractivity contribution in [2.45, 2.75) is 6.16 Å². The van der Waals surface area contributed by atoms with Crippen LogP contribution in [0.1, 0.15) is 5.69 Å². The van der Waals surface area contributed by atoms with E-state index in [1.54, 1.807) is 7.11 Å². The van der Waals surface area contributed by atoms with E-state index in [4.69, 9.17) is 9.72 Å². The van der Waals surface area contributed by atoms with Crippen LogP contribution >= 0.6 is 7.26 Å². The van der Waals surface area contributed by atoms with Crippen molar-refractivity contribution in [3.05, 3.63) is 115 Å². The van der Waals surface area contributed by atoms with E-state index in [1.165, 1.54) is 15.9 Å². The van der Waals surface area contributed by atoms with E-state index < -0.39 is 7.26 Å². The van der Waals surface area contributed by atoms with E-state index in [9.17, 15) is 0 Å². The second-order valence-electron chi connectivity index (χ2n) is 6.66. The molecule has 0 spiro atoms. The number of pyridine rings is 1. The summed E-state index contributed by atoms with van der Waals surface area (Å²) in [5, 5.41) is 4.10. The summed E-state index contributed by atoms with van der Waals surface area (Å²) in [4.78, 5) is 4.71. The Hall–Kier alpha value is -2.96. The minimum absolute atomic E-state index is 0.784. The molecule has 3 aromatic carbocycles. The van der Waals surface area contributed by atoms with Crippen LogP contribution in [0, 0.1) is 0 Å². The maximum Gasteiger partial charge on any atom is 0.137 e. The highest BCUT2D eigenvalue weighted by Gasteiger charge is 2.45. The van der Waals surface area contributed by atoms with Crippen molar-refractivity contribution in [3.8, 4) is 5.75 Å². The molecule has 0 radical (unpaired) electrons. The number of benzene rings is 3. The average Bonchev–Trinajstić information content (AvgIpc) is 2.80. The molecular formula is C25H23NOP+. The molecule has 28 heavy (non-hydrogen) atoms. The lowest BCUT2D eigenvalue weighted by atomic mass is 10.3. The molecule has 0 bridgehead atoms. The fourth-order valence-corrected chi connectivity index (χ4v) is 7.80. The van der Waals surface area contributed by atoms with E-state index in [0.717, 1.165) is 17.6 Å². The summed E-state index contributed by atoms with van der Waals surface area (Å²) in [7, 11) is -0.230. The van der Waals surface area contributed by atoms with Gasteiger partial charge in [-0.25, -0.2) is 0 Å². The van der Waals surface area contributed by atoms with Crippen molar-refractivity contribution in [2.75, 3.05) is 7.11 Å². The van der Waals surface area contributed by atoms with Crippen LogP contribution in [0.5, 0.6) is 5.75 Å². The van der Waals surface area contributed by atoms with Gasteiger partial charge in [0.1, 0.15) is 35.1 Å². The molecule has 1 aromatic heterocycles. The second kappa shape index (κ2) is 8.37. The van der Waals surface area contributed by atoms with Gasteiger partial charge >= 0.3 is 0 Å². The van der Waals surface area contributed by atoms with Gasteiger partial charge in [-0.15, -0.1) is 0 Å². The van der Waals surface area contributed by atoms with Crippen molar-refractivity contribution >= 4 is 23.2 Å². The van der Waals surface area contributed by atoms with Crippen molar-refractivity contribution < 1.29 is 4.74 Å². The molecule has 138 valence electrons. The Morgan fingerprint density at radius 1 is 0.643 bits per heavy atom. The number of aromatic nitrogens is 1. The summed E-state index contributed by atoms with van der Waals surface area (Å²) in [6.07, 6.45) is 2.68. The topological polar surface area (TPSA) is 22.1 Å². The lowest BCUT2D eigenvalue weighted by molar-refractivity contribution is 0.412. The number of hydrogen-bond donors (Lipinski definition) is 0. The van der Waals surface area contributed by atoms with Crippen LogP contribution in [-0.4, -0.2) is 12.1 Å². The van der Waals surface area contributed by atoms with Gasteiger partial charge in [0.05, 0.1) is 19.0 Å². The van der Waals surface area contributed by atoms with Crippen LogP contribution in [0.3, 0.4) is 0 Å². The Bertz CT molecular complexity index is 906. The van der Waals surface area contributed by atoms with Gasteiger partial charge < -0.3 is 4.74 Å². The summed E-state index contributed by atoms with van der Waals surface area (Å²) in [5.74, 6) is 0.784. The Morgan fingerprint density at radius 2 is 1.11 bits per heavy atom. The second-order valence-corrected chi connectivity index (χ2v) is 10.1. The molecule has 4 aromatic rings. The van der Waals surface area contributed by atoms with E-state index in [1.807, 2.05) is 12.3 Å². The van der Waals surface area contributed by atoms with Crippen molar-refractivity contribution in [1.29, 1.82) is 0 Å². The first-order valence-electron chi connectivity index (χ1n) is 9.37. The van der Waals surface area contributed by atoms with Crippen molar-refractivity contribution in [2.24, 2.45) is 0 Å². The lowest BCUT2D eigenvalue weighted by Gasteiger charge is -2.27. The van der Waals surface area contributed by atoms with Crippen LogP contribution in [0.15, 0.2) is 109 Å². The van der Waals surface area contributed by atoms with Gasteiger partial charge in [0, 0.05) is 0 Å². The van der Waals surface area contributed by atoms with E-state index >= 15 is 0 Å². The Morgan fingerprint density at radius 3 is 1.46 bits per heavy atom. The zero-order valence-electron chi connectivity index (χ0n) is 15.9. The van der Waals surface area contributed by atoms with Gasteiger partial charge in [-0.05, 0) is 48.5 Å². The SMILES string of the molecule is COc1ccc(C[P+](c2ccccc2)(c2ccccc2)c2ccccc2)nc1. The maximum atomic E-state index is 5.30. The lowest BCUT2D eigenvalue weighted by Crippen LogP contribution is -2.32. The van der Waals surface area contributed by atoms with Crippen LogP contribution in [0.2, 0.25) is 0 Å². The predicted octanol–water partition coefficient (Wildman–Crippen LogP) is 4.58.